The second kappa shape index (κ2) is 9.57. The van der Waals surface area contributed by atoms with Crippen LogP contribution in [0.4, 0.5) is 5.69 Å². The number of benzene rings is 1. The van der Waals surface area contributed by atoms with Crippen molar-refractivity contribution in [3.05, 3.63) is 23.8 Å². The molecule has 1 saturated carbocycles. The van der Waals surface area contributed by atoms with Gasteiger partial charge in [-0.1, -0.05) is 25.7 Å². The number of rotatable bonds is 7. The average Bonchev–Trinajstić information content (AvgIpc) is 2.89. The van der Waals surface area contributed by atoms with Crippen LogP contribution in [0, 0.1) is 0 Å². The van der Waals surface area contributed by atoms with Crippen molar-refractivity contribution in [1.82, 2.24) is 0 Å². The predicted molar refractivity (Wildman–Crippen MR) is 99.6 cm³/mol. The molecule has 0 radical (unpaired) electrons. The molecule has 26 heavy (non-hydrogen) atoms. The fraction of sp³-hybridized carbons (Fsp3) is 0.600. The van der Waals surface area contributed by atoms with Gasteiger partial charge in [-0.05, 0) is 44.9 Å². The number of nitrogens with one attached hydrogen (secondary N) is 1. The van der Waals surface area contributed by atoms with Gasteiger partial charge in [-0.15, -0.1) is 0 Å². The maximum atomic E-state index is 13.0. The molecule has 1 N–H and O–H groups in total. The zero-order chi connectivity index (χ0) is 19.0. The van der Waals surface area contributed by atoms with Gasteiger partial charge in [0.1, 0.15) is 16.9 Å². The van der Waals surface area contributed by atoms with Crippen LogP contribution in [-0.2, 0) is 14.3 Å². The van der Waals surface area contributed by atoms with Gasteiger partial charge in [0, 0.05) is 12.3 Å². The first-order valence-electron chi connectivity index (χ1n) is 9.37. The molecule has 1 aliphatic rings. The van der Waals surface area contributed by atoms with Gasteiger partial charge in [-0.2, -0.15) is 0 Å². The van der Waals surface area contributed by atoms with Crippen LogP contribution in [-0.4, -0.2) is 37.8 Å². The third-order valence-corrected chi connectivity index (χ3v) is 4.70. The first-order chi connectivity index (χ1) is 12.6. The van der Waals surface area contributed by atoms with E-state index >= 15 is 0 Å². The van der Waals surface area contributed by atoms with E-state index in [2.05, 4.69) is 5.32 Å². The molecule has 0 saturated heterocycles. The summed E-state index contributed by atoms with van der Waals surface area (Å²) in [6.45, 7) is 4.41. The lowest BCUT2D eigenvalue weighted by molar-refractivity contribution is -0.143. The van der Waals surface area contributed by atoms with Crippen LogP contribution in [0.5, 0.6) is 5.75 Å². The number of carbonyl (C=O) groups excluding carboxylic acids is 2. The quantitative estimate of drug-likeness (QED) is 0.587. The topological polar surface area (TPSA) is 73.9 Å². The van der Waals surface area contributed by atoms with Crippen LogP contribution in [0.1, 0.15) is 62.7 Å². The standard InChI is InChI=1S/C20H29NO5/c1-4-25-18(22)16-14-15(10-11-17(16)24-3)21-19(23)20(26-5-2)12-8-6-7-9-13-20/h10-11,14H,4-9,12-13H2,1-3H3,(H,21,23). The summed E-state index contributed by atoms with van der Waals surface area (Å²) in [4.78, 5) is 25.1. The van der Waals surface area contributed by atoms with Gasteiger partial charge in [0.2, 0.25) is 0 Å². The summed E-state index contributed by atoms with van der Waals surface area (Å²) in [6, 6.07) is 4.96. The largest absolute Gasteiger partial charge is 0.496 e. The van der Waals surface area contributed by atoms with Crippen LogP contribution in [0.2, 0.25) is 0 Å². The Labute approximate surface area is 155 Å². The monoisotopic (exact) mass is 363 g/mol. The molecule has 2 rings (SSSR count). The molecule has 0 bridgehead atoms. The van der Waals surface area contributed by atoms with E-state index in [1.165, 1.54) is 7.11 Å². The molecule has 6 nitrogen and oxygen atoms in total. The number of amides is 1. The summed E-state index contributed by atoms with van der Waals surface area (Å²) in [5.41, 5.74) is 0.0237. The van der Waals surface area contributed by atoms with Gasteiger partial charge in [-0.3, -0.25) is 4.79 Å². The highest BCUT2D eigenvalue weighted by Gasteiger charge is 2.39. The van der Waals surface area contributed by atoms with Crippen molar-refractivity contribution in [2.45, 2.75) is 58.0 Å². The Hall–Kier alpha value is -2.08. The average molecular weight is 363 g/mol. The van der Waals surface area contributed by atoms with E-state index in [0.717, 1.165) is 25.7 Å². The number of methoxy groups -OCH3 is 1. The molecule has 0 atom stereocenters. The molecule has 144 valence electrons. The van der Waals surface area contributed by atoms with Crippen molar-refractivity contribution >= 4 is 17.6 Å². The van der Waals surface area contributed by atoms with Crippen molar-refractivity contribution in [1.29, 1.82) is 0 Å². The molecule has 0 aliphatic heterocycles. The van der Waals surface area contributed by atoms with Crippen molar-refractivity contribution in [3.8, 4) is 5.75 Å². The van der Waals surface area contributed by atoms with Crippen LogP contribution < -0.4 is 10.1 Å². The van der Waals surface area contributed by atoms with Gasteiger partial charge in [-0.25, -0.2) is 4.79 Å². The summed E-state index contributed by atoms with van der Waals surface area (Å²) in [5, 5.41) is 2.93. The Morgan fingerprint density at radius 2 is 1.77 bits per heavy atom. The van der Waals surface area contributed by atoms with Crippen molar-refractivity contribution in [2.24, 2.45) is 0 Å². The lowest BCUT2D eigenvalue weighted by Gasteiger charge is -2.31. The van der Waals surface area contributed by atoms with Crippen molar-refractivity contribution in [2.75, 3.05) is 25.6 Å². The van der Waals surface area contributed by atoms with E-state index in [9.17, 15) is 9.59 Å². The van der Waals surface area contributed by atoms with E-state index < -0.39 is 11.6 Å². The zero-order valence-electron chi connectivity index (χ0n) is 15.9. The van der Waals surface area contributed by atoms with Crippen LogP contribution in [0.25, 0.3) is 0 Å². The smallest absolute Gasteiger partial charge is 0.341 e. The SMILES string of the molecule is CCOC(=O)c1cc(NC(=O)C2(OCC)CCCCCC2)ccc1OC. The Morgan fingerprint density at radius 1 is 1.08 bits per heavy atom. The fourth-order valence-corrected chi connectivity index (χ4v) is 3.41. The van der Waals surface area contributed by atoms with Gasteiger partial charge in [0.05, 0.1) is 13.7 Å². The summed E-state index contributed by atoms with van der Waals surface area (Å²) < 4.78 is 16.2. The minimum atomic E-state index is -0.796. The van der Waals surface area contributed by atoms with Gasteiger partial charge in [0.25, 0.3) is 5.91 Å². The number of carbonyl (C=O) groups is 2. The first-order valence-corrected chi connectivity index (χ1v) is 9.37. The molecule has 1 amide bonds. The van der Waals surface area contributed by atoms with E-state index in [1.54, 1.807) is 25.1 Å². The minimum absolute atomic E-state index is 0.152. The summed E-state index contributed by atoms with van der Waals surface area (Å²) in [7, 11) is 1.49. The normalized spacial score (nSPS) is 16.4. The number of anilines is 1. The van der Waals surface area contributed by atoms with Gasteiger partial charge in [0.15, 0.2) is 0 Å². The molecular weight excluding hydrogens is 334 g/mol. The van der Waals surface area contributed by atoms with Crippen LogP contribution in [0.3, 0.4) is 0 Å². The lowest BCUT2D eigenvalue weighted by Crippen LogP contribution is -2.45. The Balaban J connectivity index is 2.23. The van der Waals surface area contributed by atoms with Crippen LogP contribution in [0.15, 0.2) is 18.2 Å². The minimum Gasteiger partial charge on any atom is -0.496 e. The Morgan fingerprint density at radius 3 is 2.35 bits per heavy atom. The molecule has 1 aliphatic carbocycles. The summed E-state index contributed by atoms with van der Waals surface area (Å²) in [6.07, 6.45) is 5.63. The summed E-state index contributed by atoms with van der Waals surface area (Å²) >= 11 is 0. The maximum Gasteiger partial charge on any atom is 0.341 e. The predicted octanol–water partition coefficient (Wildman–Crippen LogP) is 3.94. The van der Waals surface area contributed by atoms with Gasteiger partial charge >= 0.3 is 5.97 Å². The lowest BCUT2D eigenvalue weighted by atomic mass is 9.92. The Bertz CT molecular complexity index is 621. The van der Waals surface area contributed by atoms with E-state index in [1.807, 2.05) is 6.92 Å². The highest BCUT2D eigenvalue weighted by Crippen LogP contribution is 2.32. The molecule has 0 heterocycles. The second-order valence-electron chi connectivity index (χ2n) is 6.43. The number of esters is 1. The van der Waals surface area contributed by atoms with E-state index in [-0.39, 0.29) is 12.5 Å². The maximum absolute atomic E-state index is 13.0. The van der Waals surface area contributed by atoms with Crippen molar-refractivity contribution in [3.63, 3.8) is 0 Å². The third-order valence-electron chi connectivity index (χ3n) is 4.70. The number of hydrogen-bond acceptors (Lipinski definition) is 5. The van der Waals surface area contributed by atoms with E-state index in [0.29, 0.717) is 36.4 Å². The molecule has 1 aromatic rings. The van der Waals surface area contributed by atoms with Gasteiger partial charge < -0.3 is 19.5 Å². The first kappa shape index (κ1) is 20.2. The third kappa shape index (κ3) is 4.75. The molecule has 0 aromatic heterocycles. The molecule has 1 fully saturated rings. The van der Waals surface area contributed by atoms with Crippen LogP contribution >= 0.6 is 0 Å². The summed E-state index contributed by atoms with van der Waals surface area (Å²) in [5.74, 6) is -0.217. The molecule has 0 spiro atoms. The second-order valence-corrected chi connectivity index (χ2v) is 6.43. The fourth-order valence-electron chi connectivity index (χ4n) is 3.41. The highest BCUT2D eigenvalue weighted by atomic mass is 16.5. The molecule has 1 aromatic carbocycles. The molecule has 0 unspecified atom stereocenters. The molecular formula is C20H29NO5. The highest BCUT2D eigenvalue weighted by molar-refractivity contribution is 5.99. The van der Waals surface area contributed by atoms with E-state index in [4.69, 9.17) is 14.2 Å². The number of hydrogen-bond donors (Lipinski definition) is 1. The number of ether oxygens (including phenoxy) is 3. The van der Waals surface area contributed by atoms with Crippen molar-refractivity contribution < 1.29 is 23.8 Å². The Kier molecular flexibility index (Phi) is 7.45. The molecule has 6 heteroatoms. The zero-order valence-corrected chi connectivity index (χ0v) is 15.9.